The molecule has 4 heteroatoms. The van der Waals surface area contributed by atoms with E-state index in [9.17, 15) is 0 Å². The van der Waals surface area contributed by atoms with Crippen LogP contribution in [0.15, 0.2) is 18.5 Å². The molecule has 1 aromatic heterocycles. The summed E-state index contributed by atoms with van der Waals surface area (Å²) in [4.78, 5) is 0. The van der Waals surface area contributed by atoms with Gasteiger partial charge in [0, 0.05) is 37.6 Å². The van der Waals surface area contributed by atoms with Gasteiger partial charge in [0.05, 0.1) is 6.04 Å². The Labute approximate surface area is 98.4 Å². The third-order valence-corrected chi connectivity index (χ3v) is 2.37. The molecule has 1 unspecified atom stereocenters. The lowest BCUT2D eigenvalue weighted by molar-refractivity contribution is 0.406. The highest BCUT2D eigenvalue weighted by Gasteiger charge is 2.07. The molecule has 0 aliphatic rings. The van der Waals surface area contributed by atoms with Gasteiger partial charge in [0.1, 0.15) is 0 Å². The van der Waals surface area contributed by atoms with E-state index in [4.69, 9.17) is 0 Å². The molecule has 1 atom stereocenters. The van der Waals surface area contributed by atoms with E-state index in [1.807, 2.05) is 23.1 Å². The maximum absolute atomic E-state index is 4.22. The van der Waals surface area contributed by atoms with Gasteiger partial charge in [-0.05, 0) is 33.8 Å². The van der Waals surface area contributed by atoms with Crippen LogP contribution in [0, 0.1) is 0 Å². The second kappa shape index (κ2) is 6.01. The van der Waals surface area contributed by atoms with Gasteiger partial charge in [-0.1, -0.05) is 0 Å². The number of aromatic nitrogens is 2. The van der Waals surface area contributed by atoms with Crippen molar-refractivity contribution < 1.29 is 0 Å². The number of hydrogen-bond donors (Lipinski definition) is 2. The van der Waals surface area contributed by atoms with Gasteiger partial charge in [0.2, 0.25) is 0 Å². The van der Waals surface area contributed by atoms with Gasteiger partial charge in [-0.3, -0.25) is 4.68 Å². The topological polar surface area (TPSA) is 41.9 Å². The summed E-state index contributed by atoms with van der Waals surface area (Å²) in [5.74, 6) is 0. The number of hydrogen-bond acceptors (Lipinski definition) is 3. The first-order valence-corrected chi connectivity index (χ1v) is 5.94. The fraction of sp³-hybridized carbons (Fsp3) is 0.750. The third kappa shape index (κ3) is 5.28. The van der Waals surface area contributed by atoms with Crippen molar-refractivity contribution in [1.82, 2.24) is 20.4 Å². The molecule has 0 aromatic carbocycles. The molecule has 0 spiro atoms. The molecule has 1 aromatic rings. The van der Waals surface area contributed by atoms with E-state index in [0.29, 0.717) is 6.04 Å². The monoisotopic (exact) mass is 224 g/mol. The molecule has 0 saturated carbocycles. The molecule has 0 bridgehead atoms. The standard InChI is InChI=1S/C12H24N4/c1-11(16-9-5-6-15-16)10-13-7-8-14-12(2,3)4/h5-6,9,11,13-14H,7-8,10H2,1-4H3. The van der Waals surface area contributed by atoms with E-state index in [-0.39, 0.29) is 5.54 Å². The molecule has 92 valence electrons. The van der Waals surface area contributed by atoms with E-state index in [1.165, 1.54) is 0 Å². The minimum absolute atomic E-state index is 0.204. The minimum atomic E-state index is 0.204. The number of nitrogens with one attached hydrogen (secondary N) is 2. The molecule has 0 saturated heterocycles. The minimum Gasteiger partial charge on any atom is -0.313 e. The molecule has 0 aliphatic carbocycles. The van der Waals surface area contributed by atoms with Crippen molar-refractivity contribution in [3.05, 3.63) is 18.5 Å². The number of rotatable bonds is 6. The molecule has 1 heterocycles. The molecule has 0 radical (unpaired) electrons. The number of nitrogens with zero attached hydrogens (tertiary/aromatic N) is 2. The van der Waals surface area contributed by atoms with Crippen molar-refractivity contribution in [3.63, 3.8) is 0 Å². The van der Waals surface area contributed by atoms with Crippen LogP contribution >= 0.6 is 0 Å². The van der Waals surface area contributed by atoms with Crippen LogP contribution in [0.1, 0.15) is 33.7 Å². The van der Waals surface area contributed by atoms with Crippen LogP contribution in [0.25, 0.3) is 0 Å². The summed E-state index contributed by atoms with van der Waals surface area (Å²) >= 11 is 0. The van der Waals surface area contributed by atoms with Crippen molar-refractivity contribution in [3.8, 4) is 0 Å². The largest absolute Gasteiger partial charge is 0.313 e. The Morgan fingerprint density at radius 2 is 2.06 bits per heavy atom. The van der Waals surface area contributed by atoms with Crippen LogP contribution in [-0.4, -0.2) is 35.0 Å². The van der Waals surface area contributed by atoms with Crippen LogP contribution in [0.5, 0.6) is 0 Å². The summed E-state index contributed by atoms with van der Waals surface area (Å²) < 4.78 is 1.98. The first-order valence-electron chi connectivity index (χ1n) is 5.94. The fourth-order valence-electron chi connectivity index (χ4n) is 1.47. The first kappa shape index (κ1) is 13.2. The summed E-state index contributed by atoms with van der Waals surface area (Å²) in [7, 11) is 0. The Morgan fingerprint density at radius 1 is 1.31 bits per heavy atom. The smallest absolute Gasteiger partial charge is 0.0615 e. The van der Waals surface area contributed by atoms with Crippen molar-refractivity contribution in [2.24, 2.45) is 0 Å². The van der Waals surface area contributed by atoms with E-state index in [1.54, 1.807) is 0 Å². The van der Waals surface area contributed by atoms with Crippen molar-refractivity contribution >= 4 is 0 Å². The molecule has 2 N–H and O–H groups in total. The van der Waals surface area contributed by atoms with Gasteiger partial charge in [0.25, 0.3) is 0 Å². The Bertz CT molecular complexity index is 274. The van der Waals surface area contributed by atoms with Gasteiger partial charge in [-0.2, -0.15) is 5.10 Å². The van der Waals surface area contributed by atoms with E-state index >= 15 is 0 Å². The SMILES string of the molecule is CC(CNCCNC(C)(C)C)n1cccn1. The molecule has 0 fully saturated rings. The zero-order valence-electron chi connectivity index (χ0n) is 10.8. The summed E-state index contributed by atoms with van der Waals surface area (Å²) in [6, 6.07) is 2.36. The second-order valence-electron chi connectivity index (χ2n) is 5.22. The molecular formula is C12H24N4. The normalized spacial score (nSPS) is 14.0. The molecule has 0 amide bonds. The highest BCUT2D eigenvalue weighted by atomic mass is 15.3. The van der Waals surface area contributed by atoms with Crippen LogP contribution in [0.3, 0.4) is 0 Å². The van der Waals surface area contributed by atoms with E-state index in [0.717, 1.165) is 19.6 Å². The highest BCUT2D eigenvalue weighted by molar-refractivity contribution is 4.81. The third-order valence-electron chi connectivity index (χ3n) is 2.37. The molecule has 0 aliphatic heterocycles. The molecule has 4 nitrogen and oxygen atoms in total. The highest BCUT2D eigenvalue weighted by Crippen LogP contribution is 2.00. The maximum Gasteiger partial charge on any atom is 0.0615 e. The average molecular weight is 224 g/mol. The summed E-state index contributed by atoms with van der Waals surface area (Å²) in [6.45, 7) is 11.6. The van der Waals surface area contributed by atoms with Crippen LogP contribution < -0.4 is 10.6 Å². The summed E-state index contributed by atoms with van der Waals surface area (Å²) in [5, 5.41) is 11.1. The average Bonchev–Trinajstić information content (AvgIpc) is 2.67. The zero-order chi connectivity index (χ0) is 12.0. The van der Waals surface area contributed by atoms with Gasteiger partial charge >= 0.3 is 0 Å². The Hall–Kier alpha value is -0.870. The van der Waals surface area contributed by atoms with Gasteiger partial charge in [-0.15, -0.1) is 0 Å². The molecular weight excluding hydrogens is 200 g/mol. The van der Waals surface area contributed by atoms with Crippen molar-refractivity contribution in [2.75, 3.05) is 19.6 Å². The lowest BCUT2D eigenvalue weighted by atomic mass is 10.1. The lowest BCUT2D eigenvalue weighted by Gasteiger charge is -2.21. The quantitative estimate of drug-likeness (QED) is 0.718. The predicted molar refractivity (Wildman–Crippen MR) is 67.6 cm³/mol. The van der Waals surface area contributed by atoms with Crippen molar-refractivity contribution in [2.45, 2.75) is 39.3 Å². The van der Waals surface area contributed by atoms with Crippen molar-refractivity contribution in [1.29, 1.82) is 0 Å². The Balaban J connectivity index is 2.08. The van der Waals surface area contributed by atoms with E-state index in [2.05, 4.69) is 43.4 Å². The second-order valence-corrected chi connectivity index (χ2v) is 5.22. The fourth-order valence-corrected chi connectivity index (χ4v) is 1.47. The van der Waals surface area contributed by atoms with Crippen LogP contribution in [-0.2, 0) is 0 Å². The van der Waals surface area contributed by atoms with Crippen LogP contribution in [0.2, 0.25) is 0 Å². The van der Waals surface area contributed by atoms with Gasteiger partial charge < -0.3 is 10.6 Å². The Kier molecular flexibility index (Phi) is 4.96. The summed E-state index contributed by atoms with van der Waals surface area (Å²) in [5.41, 5.74) is 0.204. The van der Waals surface area contributed by atoms with Gasteiger partial charge in [0.15, 0.2) is 0 Å². The molecule has 1 rings (SSSR count). The summed E-state index contributed by atoms with van der Waals surface area (Å²) in [6.07, 6.45) is 3.82. The lowest BCUT2D eigenvalue weighted by Crippen LogP contribution is -2.40. The zero-order valence-corrected chi connectivity index (χ0v) is 10.8. The van der Waals surface area contributed by atoms with E-state index < -0.39 is 0 Å². The first-order chi connectivity index (χ1) is 7.49. The van der Waals surface area contributed by atoms with Crippen LogP contribution in [0.4, 0.5) is 0 Å². The maximum atomic E-state index is 4.22. The molecule has 16 heavy (non-hydrogen) atoms. The Morgan fingerprint density at radius 3 is 2.62 bits per heavy atom. The predicted octanol–water partition coefficient (Wildman–Crippen LogP) is 1.42. The van der Waals surface area contributed by atoms with Gasteiger partial charge in [-0.25, -0.2) is 0 Å².